The summed E-state index contributed by atoms with van der Waals surface area (Å²) >= 11 is 1.84. The van der Waals surface area contributed by atoms with E-state index in [1.807, 2.05) is 49.7 Å². The standard InChI is InChI=1S/C25H28N4OS/c1-17(2)29-15-19(5-6-24(29)30)21-7-10-26-25-22(21)14-23(27-25)18-8-11-28(12-9-18)16-20-4-3-13-31-20/h3-7,10,13-15,17-18H,8-9,11-12,16H2,1-2H3,(H,26,27). The third-order valence-corrected chi connectivity index (χ3v) is 7.21. The van der Waals surface area contributed by atoms with Crippen LogP contribution >= 0.6 is 11.3 Å². The normalized spacial score (nSPS) is 15.8. The van der Waals surface area contributed by atoms with E-state index < -0.39 is 0 Å². The highest BCUT2D eigenvalue weighted by atomic mass is 32.1. The lowest BCUT2D eigenvalue weighted by Crippen LogP contribution is -2.32. The summed E-state index contributed by atoms with van der Waals surface area (Å²) in [6.07, 6.45) is 6.14. The van der Waals surface area contributed by atoms with Gasteiger partial charge in [-0.2, -0.15) is 0 Å². The SMILES string of the molecule is CC(C)n1cc(-c2ccnc3[nH]c(C4CCN(Cc5cccs5)CC4)cc23)ccc1=O. The van der Waals surface area contributed by atoms with E-state index in [0.29, 0.717) is 5.92 Å². The zero-order valence-corrected chi connectivity index (χ0v) is 18.9. The van der Waals surface area contributed by atoms with Crippen LogP contribution in [0.3, 0.4) is 0 Å². The van der Waals surface area contributed by atoms with Crippen molar-refractivity contribution in [3.63, 3.8) is 0 Å². The molecule has 0 aromatic carbocycles. The van der Waals surface area contributed by atoms with Gasteiger partial charge >= 0.3 is 0 Å². The van der Waals surface area contributed by atoms with Crippen LogP contribution in [-0.2, 0) is 6.54 Å². The lowest BCUT2D eigenvalue weighted by Gasteiger charge is -2.31. The van der Waals surface area contributed by atoms with Gasteiger partial charge in [-0.1, -0.05) is 6.07 Å². The first kappa shape index (κ1) is 20.2. The molecule has 0 radical (unpaired) electrons. The molecule has 6 heteroatoms. The van der Waals surface area contributed by atoms with E-state index >= 15 is 0 Å². The topological polar surface area (TPSA) is 53.9 Å². The molecule has 31 heavy (non-hydrogen) atoms. The summed E-state index contributed by atoms with van der Waals surface area (Å²) in [5, 5.41) is 3.29. The molecule has 0 amide bonds. The van der Waals surface area contributed by atoms with Gasteiger partial charge in [0.2, 0.25) is 0 Å². The van der Waals surface area contributed by atoms with Gasteiger partial charge < -0.3 is 9.55 Å². The highest BCUT2D eigenvalue weighted by Crippen LogP contribution is 2.34. The second-order valence-electron chi connectivity index (χ2n) is 8.73. The smallest absolute Gasteiger partial charge is 0.250 e. The molecule has 0 saturated carbocycles. The number of nitrogens with zero attached hydrogens (tertiary/aromatic N) is 3. The molecule has 5 rings (SSSR count). The summed E-state index contributed by atoms with van der Waals surface area (Å²) < 4.78 is 1.79. The number of likely N-dealkylation sites (tertiary alicyclic amines) is 1. The van der Waals surface area contributed by atoms with Crippen LogP contribution in [0, 0.1) is 0 Å². The quantitative estimate of drug-likeness (QED) is 0.458. The zero-order chi connectivity index (χ0) is 21.4. The summed E-state index contributed by atoms with van der Waals surface area (Å²) in [5.74, 6) is 0.534. The Balaban J connectivity index is 1.39. The molecule has 1 aliphatic heterocycles. The number of H-pyrrole nitrogens is 1. The van der Waals surface area contributed by atoms with E-state index in [4.69, 9.17) is 0 Å². The number of nitrogens with one attached hydrogen (secondary N) is 1. The Morgan fingerprint density at radius 3 is 2.77 bits per heavy atom. The minimum atomic E-state index is 0.0353. The molecule has 160 valence electrons. The largest absolute Gasteiger partial charge is 0.343 e. The second-order valence-corrected chi connectivity index (χ2v) is 9.76. The maximum atomic E-state index is 12.2. The number of thiophene rings is 1. The maximum Gasteiger partial charge on any atom is 0.250 e. The molecule has 1 N–H and O–H groups in total. The Bertz CT molecular complexity index is 1230. The van der Waals surface area contributed by atoms with Crippen molar-refractivity contribution in [1.82, 2.24) is 19.4 Å². The van der Waals surface area contributed by atoms with E-state index in [-0.39, 0.29) is 11.6 Å². The average Bonchev–Trinajstić information content (AvgIpc) is 3.44. The van der Waals surface area contributed by atoms with Gasteiger partial charge in [-0.05, 0) is 80.6 Å². The molecule has 0 unspecified atom stereocenters. The number of aromatic amines is 1. The van der Waals surface area contributed by atoms with Crippen LogP contribution in [0.1, 0.15) is 49.2 Å². The Morgan fingerprint density at radius 2 is 2.03 bits per heavy atom. The van der Waals surface area contributed by atoms with Gasteiger partial charge in [0, 0.05) is 52.9 Å². The van der Waals surface area contributed by atoms with Crippen LogP contribution in [-0.4, -0.2) is 32.5 Å². The number of piperidine rings is 1. The number of rotatable bonds is 5. The van der Waals surface area contributed by atoms with Crippen molar-refractivity contribution in [3.05, 3.63) is 75.1 Å². The fraction of sp³-hybridized carbons (Fsp3) is 0.360. The summed E-state index contributed by atoms with van der Waals surface area (Å²) in [7, 11) is 0. The third-order valence-electron chi connectivity index (χ3n) is 6.35. The van der Waals surface area contributed by atoms with Crippen LogP contribution in [0.25, 0.3) is 22.2 Å². The lowest BCUT2D eigenvalue weighted by atomic mass is 9.93. The summed E-state index contributed by atoms with van der Waals surface area (Å²) in [6, 6.07) is 12.4. The molecule has 0 atom stereocenters. The van der Waals surface area contributed by atoms with E-state index in [0.717, 1.165) is 54.6 Å². The molecule has 5 nitrogen and oxygen atoms in total. The van der Waals surface area contributed by atoms with E-state index in [1.54, 1.807) is 10.6 Å². The molecule has 0 spiro atoms. The number of aromatic nitrogens is 3. The zero-order valence-electron chi connectivity index (χ0n) is 18.0. The lowest BCUT2D eigenvalue weighted by molar-refractivity contribution is 0.205. The first-order chi connectivity index (χ1) is 15.1. The molecule has 4 aromatic rings. The molecule has 5 heterocycles. The fourth-order valence-corrected chi connectivity index (χ4v) is 5.36. The molecule has 1 fully saturated rings. The Hall–Kier alpha value is -2.70. The van der Waals surface area contributed by atoms with Gasteiger partial charge in [-0.25, -0.2) is 4.98 Å². The minimum absolute atomic E-state index is 0.0353. The van der Waals surface area contributed by atoms with Crippen molar-refractivity contribution < 1.29 is 0 Å². The highest BCUT2D eigenvalue weighted by molar-refractivity contribution is 7.09. The van der Waals surface area contributed by atoms with Crippen molar-refractivity contribution in [3.8, 4) is 11.1 Å². The van der Waals surface area contributed by atoms with E-state index in [1.165, 1.54) is 10.6 Å². The van der Waals surface area contributed by atoms with Gasteiger partial charge in [0.15, 0.2) is 0 Å². The molecular formula is C25H28N4OS. The number of hydrogen-bond donors (Lipinski definition) is 1. The van der Waals surface area contributed by atoms with Crippen molar-refractivity contribution in [2.45, 2.75) is 45.2 Å². The Morgan fingerprint density at radius 1 is 1.19 bits per heavy atom. The average molecular weight is 433 g/mol. The summed E-state index contributed by atoms with van der Waals surface area (Å²) in [4.78, 5) is 24.4. The summed E-state index contributed by atoms with van der Waals surface area (Å²) in [5.41, 5.74) is 4.42. The summed E-state index contributed by atoms with van der Waals surface area (Å²) in [6.45, 7) is 7.38. The number of hydrogen-bond acceptors (Lipinski definition) is 4. The Kier molecular flexibility index (Phi) is 5.50. The van der Waals surface area contributed by atoms with Crippen molar-refractivity contribution in [2.24, 2.45) is 0 Å². The van der Waals surface area contributed by atoms with Gasteiger partial charge in [0.1, 0.15) is 5.65 Å². The van der Waals surface area contributed by atoms with Crippen LogP contribution in [0.5, 0.6) is 0 Å². The first-order valence-corrected chi connectivity index (χ1v) is 11.9. The third kappa shape index (κ3) is 4.10. The fourth-order valence-electron chi connectivity index (χ4n) is 4.61. The van der Waals surface area contributed by atoms with E-state index in [2.05, 4.69) is 38.4 Å². The molecule has 1 saturated heterocycles. The monoisotopic (exact) mass is 432 g/mol. The molecular weight excluding hydrogens is 404 g/mol. The predicted molar refractivity (Wildman–Crippen MR) is 128 cm³/mol. The van der Waals surface area contributed by atoms with Gasteiger partial charge in [-0.15, -0.1) is 11.3 Å². The van der Waals surface area contributed by atoms with Gasteiger partial charge in [-0.3, -0.25) is 9.69 Å². The van der Waals surface area contributed by atoms with Gasteiger partial charge in [0.25, 0.3) is 5.56 Å². The van der Waals surface area contributed by atoms with Crippen molar-refractivity contribution >= 4 is 22.4 Å². The minimum Gasteiger partial charge on any atom is -0.343 e. The maximum absolute atomic E-state index is 12.2. The van der Waals surface area contributed by atoms with Crippen LogP contribution < -0.4 is 5.56 Å². The molecule has 1 aliphatic rings. The first-order valence-electron chi connectivity index (χ1n) is 11.0. The Labute approximate surface area is 186 Å². The van der Waals surface area contributed by atoms with Crippen molar-refractivity contribution in [2.75, 3.05) is 13.1 Å². The second kappa shape index (κ2) is 8.44. The molecule has 4 aromatic heterocycles. The van der Waals surface area contributed by atoms with E-state index in [9.17, 15) is 4.79 Å². The highest BCUT2D eigenvalue weighted by Gasteiger charge is 2.23. The van der Waals surface area contributed by atoms with Crippen LogP contribution in [0.4, 0.5) is 0 Å². The van der Waals surface area contributed by atoms with Gasteiger partial charge in [0.05, 0.1) is 0 Å². The van der Waals surface area contributed by atoms with Crippen molar-refractivity contribution in [1.29, 1.82) is 0 Å². The molecule has 0 bridgehead atoms. The van der Waals surface area contributed by atoms with Crippen LogP contribution in [0.2, 0.25) is 0 Å². The van der Waals surface area contributed by atoms with Crippen LogP contribution in [0.15, 0.2) is 59.0 Å². The predicted octanol–water partition coefficient (Wildman–Crippen LogP) is 5.41. The molecule has 0 aliphatic carbocycles. The number of fused-ring (bicyclic) bond motifs is 1. The number of pyridine rings is 2.